The molecule has 0 saturated carbocycles. The number of rotatable bonds is 7. The van der Waals surface area contributed by atoms with E-state index in [1.165, 1.54) is 50.4 Å². The van der Waals surface area contributed by atoms with Gasteiger partial charge < -0.3 is 14.8 Å². The van der Waals surface area contributed by atoms with E-state index in [1.807, 2.05) is 0 Å². The number of nitrogens with one attached hydrogen (secondary N) is 1. The van der Waals surface area contributed by atoms with Crippen LogP contribution in [0, 0.1) is 0 Å². The molecular weight excluding hydrogens is 397 g/mol. The zero-order chi connectivity index (χ0) is 21.6. The van der Waals surface area contributed by atoms with Gasteiger partial charge in [-0.25, -0.2) is 0 Å². The summed E-state index contributed by atoms with van der Waals surface area (Å²) in [6.07, 6.45) is -2.18. The predicted molar refractivity (Wildman–Crippen MR) is 96.7 cm³/mol. The minimum Gasteiger partial charge on any atom is -0.493 e. The summed E-state index contributed by atoms with van der Waals surface area (Å²) in [5.41, 5.74) is -0.381. The number of benzene rings is 2. The first kappa shape index (κ1) is 22.2. The van der Waals surface area contributed by atoms with Crippen molar-refractivity contribution in [2.24, 2.45) is 0 Å². The number of alkyl halides is 5. The molecule has 2 aromatic rings. The lowest BCUT2D eigenvalue weighted by Crippen LogP contribution is -2.25. The maximum atomic E-state index is 12.8. The van der Waals surface area contributed by atoms with E-state index in [0.717, 1.165) is 18.2 Å². The maximum absolute atomic E-state index is 12.8. The molecule has 4 nitrogen and oxygen atoms in total. The van der Waals surface area contributed by atoms with Crippen LogP contribution in [0.25, 0.3) is 6.08 Å². The quantitative estimate of drug-likeness (QED) is 0.499. The fraction of sp³-hybridized carbons (Fsp3) is 0.250. The molecule has 0 saturated heterocycles. The van der Waals surface area contributed by atoms with Crippen molar-refractivity contribution >= 4 is 12.0 Å². The molecule has 1 unspecified atom stereocenters. The highest BCUT2D eigenvalue weighted by Gasteiger charge is 2.30. The first-order valence-corrected chi connectivity index (χ1v) is 8.39. The third kappa shape index (κ3) is 6.20. The monoisotopic (exact) mass is 415 g/mol. The van der Waals surface area contributed by atoms with Crippen LogP contribution >= 0.6 is 0 Å². The molecule has 2 rings (SSSR count). The molecule has 0 radical (unpaired) electrons. The van der Waals surface area contributed by atoms with E-state index in [4.69, 9.17) is 4.74 Å². The number of para-hydroxylation sites is 1. The van der Waals surface area contributed by atoms with Crippen molar-refractivity contribution in [2.45, 2.75) is 25.8 Å². The Balaban J connectivity index is 2.14. The summed E-state index contributed by atoms with van der Waals surface area (Å²) in [5.74, 6) is -0.800. The summed E-state index contributed by atoms with van der Waals surface area (Å²) in [6.45, 7) is -1.56. The summed E-state index contributed by atoms with van der Waals surface area (Å²) in [5, 5.41) is 2.52. The van der Waals surface area contributed by atoms with E-state index in [0.29, 0.717) is 0 Å². The van der Waals surface area contributed by atoms with Gasteiger partial charge >= 0.3 is 12.8 Å². The van der Waals surface area contributed by atoms with E-state index < -0.39 is 30.3 Å². The number of carbonyl (C=O) groups is 1. The Kier molecular flexibility index (Phi) is 7.19. The average Bonchev–Trinajstić information content (AvgIpc) is 2.66. The van der Waals surface area contributed by atoms with E-state index >= 15 is 0 Å². The van der Waals surface area contributed by atoms with Crippen molar-refractivity contribution < 1.29 is 36.2 Å². The molecule has 2 aromatic carbocycles. The normalized spacial score (nSPS) is 12.8. The number of hydrogen-bond donors (Lipinski definition) is 1. The number of amides is 1. The van der Waals surface area contributed by atoms with Gasteiger partial charge in [-0.2, -0.15) is 22.0 Å². The summed E-state index contributed by atoms with van der Waals surface area (Å²) in [4.78, 5) is 12.1. The molecular formula is C20H18F5NO3. The smallest absolute Gasteiger partial charge is 0.416 e. The van der Waals surface area contributed by atoms with Gasteiger partial charge in [-0.05, 0) is 36.8 Å². The SMILES string of the molecule is COc1cccc(/C=C/C(=O)NC(C)c2cccc(C(F)(F)F)c2)c1OC(F)F. The molecule has 29 heavy (non-hydrogen) atoms. The highest BCUT2D eigenvalue weighted by Crippen LogP contribution is 2.33. The zero-order valence-corrected chi connectivity index (χ0v) is 15.5. The van der Waals surface area contributed by atoms with E-state index in [2.05, 4.69) is 10.1 Å². The number of methoxy groups -OCH3 is 1. The fourth-order valence-corrected chi connectivity index (χ4v) is 2.53. The lowest BCUT2D eigenvalue weighted by Gasteiger charge is -2.15. The number of carbonyl (C=O) groups excluding carboxylic acids is 1. The van der Waals surface area contributed by atoms with Gasteiger partial charge in [0.05, 0.1) is 18.7 Å². The van der Waals surface area contributed by atoms with Gasteiger partial charge in [0.2, 0.25) is 5.91 Å². The zero-order valence-electron chi connectivity index (χ0n) is 15.5. The second kappa shape index (κ2) is 9.40. The first-order chi connectivity index (χ1) is 13.6. The number of ether oxygens (including phenoxy) is 2. The lowest BCUT2D eigenvalue weighted by atomic mass is 10.0. The fourth-order valence-electron chi connectivity index (χ4n) is 2.53. The average molecular weight is 415 g/mol. The highest BCUT2D eigenvalue weighted by molar-refractivity contribution is 5.92. The third-order valence-corrected chi connectivity index (χ3v) is 3.92. The molecule has 0 bridgehead atoms. The van der Waals surface area contributed by atoms with Crippen molar-refractivity contribution in [3.05, 3.63) is 65.2 Å². The van der Waals surface area contributed by atoms with E-state index in [1.54, 1.807) is 0 Å². The highest BCUT2D eigenvalue weighted by atomic mass is 19.4. The molecule has 9 heteroatoms. The Hall–Kier alpha value is -3.10. The second-order valence-corrected chi connectivity index (χ2v) is 5.94. The van der Waals surface area contributed by atoms with E-state index in [-0.39, 0.29) is 22.6 Å². The van der Waals surface area contributed by atoms with Crippen molar-refractivity contribution in [1.29, 1.82) is 0 Å². The molecule has 0 heterocycles. The van der Waals surface area contributed by atoms with Gasteiger partial charge in [0, 0.05) is 11.6 Å². The van der Waals surface area contributed by atoms with Crippen LogP contribution in [0.4, 0.5) is 22.0 Å². The summed E-state index contributed by atoms with van der Waals surface area (Å²) >= 11 is 0. The molecule has 156 valence electrons. The lowest BCUT2D eigenvalue weighted by molar-refractivity contribution is -0.137. The molecule has 0 aliphatic carbocycles. The first-order valence-electron chi connectivity index (χ1n) is 8.39. The Morgan fingerprint density at radius 3 is 2.45 bits per heavy atom. The Bertz CT molecular complexity index is 881. The van der Waals surface area contributed by atoms with Crippen LogP contribution in [0.5, 0.6) is 11.5 Å². The molecule has 1 atom stereocenters. The minimum absolute atomic E-state index is 0.0604. The second-order valence-electron chi connectivity index (χ2n) is 5.94. The van der Waals surface area contributed by atoms with Crippen LogP contribution in [-0.2, 0) is 11.0 Å². The van der Waals surface area contributed by atoms with Gasteiger partial charge in [0.15, 0.2) is 11.5 Å². The summed E-state index contributed by atoms with van der Waals surface area (Å²) in [6, 6.07) is 8.28. The van der Waals surface area contributed by atoms with Crippen LogP contribution < -0.4 is 14.8 Å². The van der Waals surface area contributed by atoms with Gasteiger partial charge in [-0.3, -0.25) is 4.79 Å². The topological polar surface area (TPSA) is 47.6 Å². The van der Waals surface area contributed by atoms with Crippen LogP contribution in [0.15, 0.2) is 48.5 Å². The standard InChI is InChI=1S/C20H18F5NO3/c1-12(14-6-3-7-15(11-14)20(23,24)25)26-17(27)10-9-13-5-4-8-16(28-2)18(13)29-19(21)22/h3-12,19H,1-2H3,(H,26,27)/b10-9+. The molecule has 0 aromatic heterocycles. The predicted octanol–water partition coefficient (Wildman–Crippen LogP) is 5.21. The Labute approximate surface area is 163 Å². The van der Waals surface area contributed by atoms with Crippen LogP contribution in [0.3, 0.4) is 0 Å². The Morgan fingerprint density at radius 1 is 1.14 bits per heavy atom. The van der Waals surface area contributed by atoms with Crippen LogP contribution in [-0.4, -0.2) is 19.6 Å². The van der Waals surface area contributed by atoms with Crippen LogP contribution in [0.2, 0.25) is 0 Å². The number of halogens is 5. The molecule has 0 aliphatic heterocycles. The Morgan fingerprint density at radius 2 is 1.83 bits per heavy atom. The van der Waals surface area contributed by atoms with Gasteiger partial charge in [0.1, 0.15) is 0 Å². The van der Waals surface area contributed by atoms with E-state index in [9.17, 15) is 26.7 Å². The van der Waals surface area contributed by atoms with Crippen molar-refractivity contribution in [1.82, 2.24) is 5.32 Å². The van der Waals surface area contributed by atoms with Crippen molar-refractivity contribution in [3.8, 4) is 11.5 Å². The summed E-state index contributed by atoms with van der Waals surface area (Å²) < 4.78 is 73.1. The maximum Gasteiger partial charge on any atom is 0.416 e. The number of hydrogen-bond acceptors (Lipinski definition) is 3. The van der Waals surface area contributed by atoms with Crippen molar-refractivity contribution in [3.63, 3.8) is 0 Å². The van der Waals surface area contributed by atoms with Crippen LogP contribution in [0.1, 0.15) is 29.7 Å². The third-order valence-electron chi connectivity index (χ3n) is 3.92. The molecule has 1 amide bonds. The molecule has 0 spiro atoms. The van der Waals surface area contributed by atoms with Gasteiger partial charge in [-0.1, -0.05) is 24.3 Å². The molecule has 1 N–H and O–H groups in total. The van der Waals surface area contributed by atoms with Gasteiger partial charge in [0.25, 0.3) is 0 Å². The molecule has 0 fully saturated rings. The van der Waals surface area contributed by atoms with Crippen molar-refractivity contribution in [2.75, 3.05) is 7.11 Å². The minimum atomic E-state index is -4.49. The molecule has 0 aliphatic rings. The summed E-state index contributed by atoms with van der Waals surface area (Å²) in [7, 11) is 1.28. The van der Waals surface area contributed by atoms with Gasteiger partial charge in [-0.15, -0.1) is 0 Å². The largest absolute Gasteiger partial charge is 0.493 e.